The lowest BCUT2D eigenvalue weighted by atomic mass is 9.89. The van der Waals surface area contributed by atoms with Crippen molar-refractivity contribution in [1.29, 1.82) is 0 Å². The zero-order chi connectivity index (χ0) is 19.2. The number of Topliss-reactive ketones (excluding diaryl/α,β-unsaturated/α-hetero) is 1. The van der Waals surface area contributed by atoms with Gasteiger partial charge in [0.1, 0.15) is 0 Å². The van der Waals surface area contributed by atoms with E-state index in [4.69, 9.17) is 0 Å². The van der Waals surface area contributed by atoms with Gasteiger partial charge in [0.25, 0.3) is 0 Å². The van der Waals surface area contributed by atoms with E-state index in [0.717, 1.165) is 23.6 Å². The first-order chi connectivity index (χ1) is 13.1. The number of rotatable bonds is 6. The summed E-state index contributed by atoms with van der Waals surface area (Å²) in [5.74, 6) is -0.349. The van der Waals surface area contributed by atoms with Crippen molar-refractivity contribution < 1.29 is 19.1 Å². The Morgan fingerprint density at radius 2 is 1.85 bits per heavy atom. The number of carbonyl (C=O) groups excluding carboxylic acids is 3. The number of fused-ring (bicyclic) bond motifs is 1. The van der Waals surface area contributed by atoms with Crippen LogP contribution >= 0.6 is 0 Å². The van der Waals surface area contributed by atoms with E-state index in [1.54, 1.807) is 4.90 Å². The van der Waals surface area contributed by atoms with Crippen LogP contribution in [0.3, 0.4) is 0 Å². The summed E-state index contributed by atoms with van der Waals surface area (Å²) in [6, 6.07) is 13.8. The average molecular weight is 367 g/mol. The number of likely N-dealkylation sites (tertiary alicyclic amines) is 1. The van der Waals surface area contributed by atoms with Crippen molar-refractivity contribution >= 4 is 28.4 Å². The van der Waals surface area contributed by atoms with E-state index in [1.165, 1.54) is 7.11 Å². The zero-order valence-corrected chi connectivity index (χ0v) is 15.6. The number of hydrogen-bond donors (Lipinski definition) is 0. The minimum absolute atomic E-state index is 0.00918. The molecule has 3 rings (SSSR count). The van der Waals surface area contributed by atoms with Gasteiger partial charge < -0.3 is 9.64 Å². The SMILES string of the molecule is COC(=O)CCCC(=O)N1CCC[C@@H](C(=O)c2ccc3ccccc3c2)C1. The van der Waals surface area contributed by atoms with Crippen molar-refractivity contribution in [3.05, 3.63) is 48.0 Å². The quantitative estimate of drug-likeness (QED) is 0.578. The number of nitrogens with zero attached hydrogens (tertiary/aromatic N) is 1. The molecule has 5 heteroatoms. The molecule has 0 saturated carbocycles. The molecule has 1 atom stereocenters. The standard InChI is InChI=1S/C22H25NO4/c1-27-21(25)10-4-9-20(24)23-13-5-8-19(15-23)22(26)18-12-11-16-6-2-3-7-17(16)14-18/h2-3,6-7,11-12,14,19H,4-5,8-10,13,15H2,1H3/t19-/m1/s1. The third kappa shape index (κ3) is 4.73. The van der Waals surface area contributed by atoms with Crippen molar-refractivity contribution in [3.8, 4) is 0 Å². The lowest BCUT2D eigenvalue weighted by Crippen LogP contribution is -2.42. The molecule has 0 radical (unpaired) electrons. The molecule has 0 bridgehead atoms. The molecule has 1 fully saturated rings. The second-order valence-electron chi connectivity index (χ2n) is 7.03. The fourth-order valence-corrected chi connectivity index (χ4v) is 3.64. The fraction of sp³-hybridized carbons (Fsp3) is 0.409. The van der Waals surface area contributed by atoms with Gasteiger partial charge >= 0.3 is 5.97 Å². The maximum atomic E-state index is 13.0. The average Bonchev–Trinajstić information content (AvgIpc) is 2.72. The molecule has 0 aliphatic carbocycles. The van der Waals surface area contributed by atoms with Gasteiger partial charge in [-0.15, -0.1) is 0 Å². The Balaban J connectivity index is 1.61. The first kappa shape index (κ1) is 19.1. The third-order valence-corrected chi connectivity index (χ3v) is 5.18. The topological polar surface area (TPSA) is 63.7 Å². The highest BCUT2D eigenvalue weighted by Gasteiger charge is 2.28. The third-order valence-electron chi connectivity index (χ3n) is 5.18. The molecule has 1 aliphatic rings. The van der Waals surface area contributed by atoms with Crippen LogP contribution in [0.25, 0.3) is 10.8 Å². The molecule has 27 heavy (non-hydrogen) atoms. The van der Waals surface area contributed by atoms with Gasteiger partial charge in [-0.1, -0.05) is 36.4 Å². The second-order valence-corrected chi connectivity index (χ2v) is 7.03. The summed E-state index contributed by atoms with van der Waals surface area (Å²) in [6.07, 6.45) is 2.66. The molecule has 142 valence electrons. The van der Waals surface area contributed by atoms with E-state index in [1.807, 2.05) is 42.5 Å². The van der Waals surface area contributed by atoms with Crippen LogP contribution in [0.5, 0.6) is 0 Å². The summed E-state index contributed by atoms with van der Waals surface area (Å²) >= 11 is 0. The van der Waals surface area contributed by atoms with Crippen LogP contribution in [-0.4, -0.2) is 42.8 Å². The van der Waals surface area contributed by atoms with E-state index < -0.39 is 0 Å². The summed E-state index contributed by atoms with van der Waals surface area (Å²) in [4.78, 5) is 38.3. The molecule has 0 N–H and O–H groups in total. The van der Waals surface area contributed by atoms with Gasteiger partial charge in [-0.25, -0.2) is 0 Å². The Bertz CT molecular complexity index is 845. The Kier molecular flexibility index (Phi) is 6.22. The molecular formula is C22H25NO4. The summed E-state index contributed by atoms with van der Waals surface area (Å²) in [7, 11) is 1.35. The number of carbonyl (C=O) groups is 3. The minimum atomic E-state index is -0.300. The molecular weight excluding hydrogens is 342 g/mol. The summed E-state index contributed by atoms with van der Waals surface area (Å²) < 4.78 is 4.60. The van der Waals surface area contributed by atoms with Crippen molar-refractivity contribution in [3.63, 3.8) is 0 Å². The molecule has 1 saturated heterocycles. The lowest BCUT2D eigenvalue weighted by molar-refractivity contribution is -0.141. The molecule has 0 aromatic heterocycles. The van der Waals surface area contributed by atoms with Crippen LogP contribution in [-0.2, 0) is 14.3 Å². The number of ether oxygens (including phenoxy) is 1. The molecule has 2 aromatic carbocycles. The number of piperidine rings is 1. The summed E-state index contributed by atoms with van der Waals surface area (Å²) in [5, 5.41) is 2.16. The normalized spacial score (nSPS) is 16.9. The van der Waals surface area contributed by atoms with Crippen LogP contribution in [0, 0.1) is 5.92 Å². The van der Waals surface area contributed by atoms with Crippen molar-refractivity contribution in [2.75, 3.05) is 20.2 Å². The molecule has 5 nitrogen and oxygen atoms in total. The maximum absolute atomic E-state index is 13.0. The second kappa shape index (κ2) is 8.80. The van der Waals surface area contributed by atoms with Crippen molar-refractivity contribution in [2.45, 2.75) is 32.1 Å². The van der Waals surface area contributed by atoms with E-state index in [2.05, 4.69) is 4.74 Å². The van der Waals surface area contributed by atoms with Gasteiger partial charge in [-0.2, -0.15) is 0 Å². The maximum Gasteiger partial charge on any atom is 0.305 e. The van der Waals surface area contributed by atoms with E-state index in [9.17, 15) is 14.4 Å². The van der Waals surface area contributed by atoms with Crippen molar-refractivity contribution in [1.82, 2.24) is 4.90 Å². The van der Waals surface area contributed by atoms with E-state index in [-0.39, 0.29) is 30.0 Å². The van der Waals surface area contributed by atoms with Gasteiger partial charge in [0.05, 0.1) is 7.11 Å². The zero-order valence-electron chi connectivity index (χ0n) is 15.6. The monoisotopic (exact) mass is 367 g/mol. The van der Waals surface area contributed by atoms with Crippen LogP contribution in [0.2, 0.25) is 0 Å². The number of amides is 1. The molecule has 0 unspecified atom stereocenters. The van der Waals surface area contributed by atoms with Gasteiger partial charge in [0, 0.05) is 37.4 Å². The van der Waals surface area contributed by atoms with Crippen LogP contribution in [0.1, 0.15) is 42.5 Å². The number of ketones is 1. The highest BCUT2D eigenvalue weighted by atomic mass is 16.5. The molecule has 1 aliphatic heterocycles. The van der Waals surface area contributed by atoms with Gasteiger partial charge in [0.15, 0.2) is 5.78 Å². The number of benzene rings is 2. The van der Waals surface area contributed by atoms with Gasteiger partial charge in [0.2, 0.25) is 5.91 Å². The number of esters is 1. The van der Waals surface area contributed by atoms with Gasteiger partial charge in [-0.05, 0) is 36.1 Å². The highest BCUT2D eigenvalue weighted by Crippen LogP contribution is 2.24. The highest BCUT2D eigenvalue weighted by molar-refractivity contribution is 6.01. The van der Waals surface area contributed by atoms with Crippen LogP contribution < -0.4 is 0 Å². The summed E-state index contributed by atoms with van der Waals surface area (Å²) in [5.41, 5.74) is 0.707. The Morgan fingerprint density at radius 1 is 1.07 bits per heavy atom. The van der Waals surface area contributed by atoms with Crippen LogP contribution in [0.4, 0.5) is 0 Å². The molecule has 1 heterocycles. The Labute approximate surface area is 159 Å². The largest absolute Gasteiger partial charge is 0.469 e. The van der Waals surface area contributed by atoms with E-state index in [0.29, 0.717) is 31.5 Å². The minimum Gasteiger partial charge on any atom is -0.469 e. The molecule has 1 amide bonds. The van der Waals surface area contributed by atoms with Crippen LogP contribution in [0.15, 0.2) is 42.5 Å². The van der Waals surface area contributed by atoms with E-state index >= 15 is 0 Å². The predicted octanol–water partition coefficient (Wildman–Crippen LogP) is 3.60. The van der Waals surface area contributed by atoms with Gasteiger partial charge in [-0.3, -0.25) is 14.4 Å². The first-order valence-corrected chi connectivity index (χ1v) is 9.46. The molecule has 0 spiro atoms. The smallest absolute Gasteiger partial charge is 0.305 e. The summed E-state index contributed by atoms with van der Waals surface area (Å²) in [6.45, 7) is 1.14. The fourth-order valence-electron chi connectivity index (χ4n) is 3.64. The first-order valence-electron chi connectivity index (χ1n) is 9.46. The van der Waals surface area contributed by atoms with Crippen molar-refractivity contribution in [2.24, 2.45) is 5.92 Å². The predicted molar refractivity (Wildman–Crippen MR) is 103 cm³/mol. The lowest BCUT2D eigenvalue weighted by Gasteiger charge is -2.32. The Hall–Kier alpha value is -2.69. The Morgan fingerprint density at radius 3 is 2.63 bits per heavy atom. The molecule has 2 aromatic rings. The number of methoxy groups -OCH3 is 1. The number of hydrogen-bond acceptors (Lipinski definition) is 4.